The van der Waals surface area contributed by atoms with E-state index >= 15 is 0 Å². The summed E-state index contributed by atoms with van der Waals surface area (Å²) in [5.41, 5.74) is 3.94. The summed E-state index contributed by atoms with van der Waals surface area (Å²) < 4.78 is 5.57. The Morgan fingerprint density at radius 1 is 1.28 bits per heavy atom. The molecule has 1 N–H and O–H groups in total. The van der Waals surface area contributed by atoms with Crippen LogP contribution in [0, 0.1) is 6.92 Å². The molecule has 0 radical (unpaired) electrons. The first-order valence-corrected chi connectivity index (χ1v) is 8.66. The fourth-order valence-corrected chi connectivity index (χ4v) is 3.51. The van der Waals surface area contributed by atoms with Gasteiger partial charge in [-0.1, -0.05) is 30.3 Å². The third kappa shape index (κ3) is 3.09. The lowest BCUT2D eigenvalue weighted by Gasteiger charge is -2.31. The van der Waals surface area contributed by atoms with Gasteiger partial charge in [0.2, 0.25) is 0 Å². The van der Waals surface area contributed by atoms with Crippen LogP contribution in [0.3, 0.4) is 0 Å². The van der Waals surface area contributed by atoms with E-state index < -0.39 is 0 Å². The van der Waals surface area contributed by atoms with Crippen LogP contribution in [0.2, 0.25) is 0 Å². The van der Waals surface area contributed by atoms with Crippen molar-refractivity contribution < 1.29 is 9.21 Å². The van der Waals surface area contributed by atoms with Gasteiger partial charge in [0.25, 0.3) is 5.91 Å². The molecule has 1 aromatic carbocycles. The second-order valence-electron chi connectivity index (χ2n) is 6.60. The molecule has 3 heterocycles. The molecule has 0 spiro atoms. The minimum atomic E-state index is -0.0409. The molecule has 1 aliphatic heterocycles. The zero-order valence-corrected chi connectivity index (χ0v) is 14.2. The minimum Gasteiger partial charge on any atom is -0.459 e. The number of piperidine rings is 1. The van der Waals surface area contributed by atoms with Crippen LogP contribution in [0.5, 0.6) is 0 Å². The molecule has 5 heteroatoms. The lowest BCUT2D eigenvalue weighted by molar-refractivity contribution is 0.0674. The first-order valence-electron chi connectivity index (χ1n) is 8.66. The molecule has 128 valence electrons. The normalized spacial score (nSPS) is 17.6. The number of furan rings is 1. The highest BCUT2D eigenvalue weighted by atomic mass is 16.3. The fraction of sp³-hybridized carbons (Fsp3) is 0.300. The first-order chi connectivity index (χ1) is 12.2. The molecule has 2 aromatic heterocycles. The fourth-order valence-electron chi connectivity index (χ4n) is 3.51. The van der Waals surface area contributed by atoms with Gasteiger partial charge in [-0.3, -0.25) is 9.89 Å². The molecule has 1 unspecified atom stereocenters. The van der Waals surface area contributed by atoms with Gasteiger partial charge in [-0.2, -0.15) is 5.10 Å². The van der Waals surface area contributed by atoms with Crippen molar-refractivity contribution in [3.05, 3.63) is 65.9 Å². The zero-order chi connectivity index (χ0) is 17.2. The van der Waals surface area contributed by atoms with Crippen LogP contribution in [0.25, 0.3) is 11.1 Å². The van der Waals surface area contributed by atoms with Gasteiger partial charge in [-0.15, -0.1) is 0 Å². The minimum absolute atomic E-state index is 0.0409. The Morgan fingerprint density at radius 3 is 2.88 bits per heavy atom. The van der Waals surface area contributed by atoms with Crippen LogP contribution in [0.4, 0.5) is 0 Å². The van der Waals surface area contributed by atoms with Crippen molar-refractivity contribution in [3.63, 3.8) is 0 Å². The number of likely N-dealkylation sites (tertiary alicyclic amines) is 1. The highest BCUT2D eigenvalue weighted by Crippen LogP contribution is 2.30. The number of aromatic nitrogens is 2. The van der Waals surface area contributed by atoms with E-state index in [1.54, 1.807) is 6.26 Å². The molecular formula is C20H21N3O2. The molecule has 25 heavy (non-hydrogen) atoms. The van der Waals surface area contributed by atoms with Crippen LogP contribution in [0.15, 0.2) is 53.1 Å². The van der Waals surface area contributed by atoms with Gasteiger partial charge >= 0.3 is 0 Å². The molecule has 4 rings (SSSR count). The Hall–Kier alpha value is -2.82. The number of amides is 1. The van der Waals surface area contributed by atoms with Gasteiger partial charge in [0, 0.05) is 30.3 Å². The highest BCUT2D eigenvalue weighted by molar-refractivity contribution is 5.98. The van der Waals surface area contributed by atoms with Gasteiger partial charge < -0.3 is 9.32 Å². The maximum Gasteiger partial charge on any atom is 0.290 e. The van der Waals surface area contributed by atoms with Gasteiger partial charge in [0.05, 0.1) is 12.0 Å². The number of H-pyrrole nitrogens is 1. The van der Waals surface area contributed by atoms with E-state index in [9.17, 15) is 4.79 Å². The third-order valence-electron chi connectivity index (χ3n) is 4.80. The largest absolute Gasteiger partial charge is 0.459 e. The average Bonchev–Trinajstić information content (AvgIpc) is 3.31. The van der Waals surface area contributed by atoms with Crippen molar-refractivity contribution in [2.45, 2.75) is 25.7 Å². The van der Waals surface area contributed by atoms with Crippen LogP contribution >= 0.6 is 0 Å². The van der Waals surface area contributed by atoms with E-state index in [1.165, 1.54) is 0 Å². The Bertz CT molecular complexity index is 866. The predicted molar refractivity (Wildman–Crippen MR) is 95.3 cm³/mol. The zero-order valence-electron chi connectivity index (χ0n) is 14.2. The highest BCUT2D eigenvalue weighted by Gasteiger charge is 2.29. The number of nitrogens with one attached hydrogen (secondary N) is 1. The smallest absolute Gasteiger partial charge is 0.290 e. The summed E-state index contributed by atoms with van der Waals surface area (Å²) in [5.74, 6) is 0.656. The van der Waals surface area contributed by atoms with Crippen LogP contribution < -0.4 is 0 Å². The van der Waals surface area contributed by atoms with Gasteiger partial charge in [0.1, 0.15) is 0 Å². The molecule has 5 nitrogen and oxygen atoms in total. The number of hydrogen-bond donors (Lipinski definition) is 1. The van der Waals surface area contributed by atoms with E-state index in [0.717, 1.165) is 41.9 Å². The molecule has 0 bridgehead atoms. The van der Waals surface area contributed by atoms with Crippen molar-refractivity contribution in [1.82, 2.24) is 15.1 Å². The lowest BCUT2D eigenvalue weighted by atomic mass is 9.94. The monoisotopic (exact) mass is 335 g/mol. The number of hydrogen-bond acceptors (Lipinski definition) is 3. The number of rotatable bonds is 3. The van der Waals surface area contributed by atoms with Crippen molar-refractivity contribution >= 4 is 5.91 Å². The SMILES string of the molecule is Cc1cc(C2CCCN(C(=O)c3occc3-c3ccccc3)C2)n[nH]1. The summed E-state index contributed by atoms with van der Waals surface area (Å²) in [7, 11) is 0. The molecule has 1 fully saturated rings. The summed E-state index contributed by atoms with van der Waals surface area (Å²) >= 11 is 0. The summed E-state index contributed by atoms with van der Waals surface area (Å²) in [4.78, 5) is 14.9. The van der Waals surface area contributed by atoms with E-state index in [0.29, 0.717) is 12.3 Å². The Kier molecular flexibility index (Phi) is 4.14. The van der Waals surface area contributed by atoms with Crippen LogP contribution in [-0.4, -0.2) is 34.1 Å². The molecule has 0 aliphatic carbocycles. The number of aryl methyl sites for hydroxylation is 1. The van der Waals surface area contributed by atoms with Crippen molar-refractivity contribution in [1.29, 1.82) is 0 Å². The van der Waals surface area contributed by atoms with Gasteiger partial charge in [0.15, 0.2) is 5.76 Å². The summed E-state index contributed by atoms with van der Waals surface area (Å²) in [6.45, 7) is 3.43. The topological polar surface area (TPSA) is 62.1 Å². The Balaban J connectivity index is 1.56. The number of aromatic amines is 1. The molecule has 1 atom stereocenters. The van der Waals surface area contributed by atoms with Gasteiger partial charge in [-0.25, -0.2) is 0 Å². The van der Waals surface area contributed by atoms with E-state index in [-0.39, 0.29) is 11.8 Å². The molecule has 1 saturated heterocycles. The third-order valence-corrected chi connectivity index (χ3v) is 4.80. The number of carbonyl (C=O) groups is 1. The number of carbonyl (C=O) groups excluding carboxylic acids is 1. The molecule has 1 amide bonds. The quantitative estimate of drug-likeness (QED) is 0.787. The molecule has 0 saturated carbocycles. The second kappa shape index (κ2) is 6.59. The summed E-state index contributed by atoms with van der Waals surface area (Å²) in [6, 6.07) is 13.8. The average molecular weight is 335 g/mol. The second-order valence-corrected chi connectivity index (χ2v) is 6.60. The number of benzene rings is 1. The Labute approximate surface area is 146 Å². The maximum absolute atomic E-state index is 13.0. The van der Waals surface area contributed by atoms with E-state index in [1.807, 2.05) is 48.2 Å². The van der Waals surface area contributed by atoms with Crippen molar-refractivity contribution in [3.8, 4) is 11.1 Å². The maximum atomic E-state index is 13.0. The molecular weight excluding hydrogens is 314 g/mol. The summed E-state index contributed by atoms with van der Waals surface area (Å²) in [5, 5.41) is 7.37. The lowest BCUT2D eigenvalue weighted by Crippen LogP contribution is -2.39. The molecule has 1 aliphatic rings. The van der Waals surface area contributed by atoms with Crippen molar-refractivity contribution in [2.24, 2.45) is 0 Å². The van der Waals surface area contributed by atoms with Crippen LogP contribution in [-0.2, 0) is 0 Å². The molecule has 3 aromatic rings. The summed E-state index contributed by atoms with van der Waals surface area (Å²) in [6.07, 6.45) is 3.62. The standard InChI is InChI=1S/C20H21N3O2/c1-14-12-18(22-21-14)16-8-5-10-23(13-16)20(24)19-17(9-11-25-19)15-6-3-2-4-7-15/h2-4,6-7,9,11-12,16H,5,8,10,13H2,1H3,(H,21,22). The first kappa shape index (κ1) is 15.7. The Morgan fingerprint density at radius 2 is 2.12 bits per heavy atom. The van der Waals surface area contributed by atoms with Crippen molar-refractivity contribution in [2.75, 3.05) is 13.1 Å². The number of nitrogens with zero attached hydrogens (tertiary/aromatic N) is 2. The van der Waals surface area contributed by atoms with E-state index in [2.05, 4.69) is 16.3 Å². The predicted octanol–water partition coefficient (Wildman–Crippen LogP) is 4.00. The van der Waals surface area contributed by atoms with Gasteiger partial charge in [-0.05, 0) is 37.5 Å². The van der Waals surface area contributed by atoms with Crippen LogP contribution in [0.1, 0.15) is 40.7 Å². The van der Waals surface area contributed by atoms with E-state index in [4.69, 9.17) is 4.42 Å².